The Kier molecular flexibility index (Phi) is 6.43. The molecule has 1 fully saturated rings. The Bertz CT molecular complexity index is 897. The van der Waals surface area contributed by atoms with E-state index in [9.17, 15) is 19.6 Å². The fourth-order valence-electron chi connectivity index (χ4n) is 5.74. The maximum absolute atomic E-state index is 13.9. The van der Waals surface area contributed by atoms with E-state index in [0.29, 0.717) is 24.8 Å². The molecule has 2 aliphatic carbocycles. The zero-order valence-electron chi connectivity index (χ0n) is 18.7. The van der Waals surface area contributed by atoms with Crippen molar-refractivity contribution in [2.45, 2.75) is 65.2 Å². The third-order valence-electron chi connectivity index (χ3n) is 7.42. The van der Waals surface area contributed by atoms with Gasteiger partial charge in [-0.3, -0.25) is 15.1 Å². The molecule has 168 valence electrons. The number of nitriles is 1. The van der Waals surface area contributed by atoms with Crippen LogP contribution in [-0.4, -0.2) is 40.7 Å². The lowest BCUT2D eigenvalue weighted by Crippen LogP contribution is -2.51. The van der Waals surface area contributed by atoms with Crippen LogP contribution in [0, 0.1) is 39.9 Å². The number of fused-ring (bicyclic) bond motifs is 1. The van der Waals surface area contributed by atoms with Gasteiger partial charge >= 0.3 is 0 Å². The highest BCUT2D eigenvalue weighted by atomic mass is 19.1. The van der Waals surface area contributed by atoms with Gasteiger partial charge in [-0.05, 0) is 66.7 Å². The van der Waals surface area contributed by atoms with Gasteiger partial charge in [-0.1, -0.05) is 26.8 Å². The molecule has 0 saturated heterocycles. The van der Waals surface area contributed by atoms with E-state index >= 15 is 0 Å². The van der Waals surface area contributed by atoms with E-state index in [2.05, 4.69) is 6.07 Å². The minimum absolute atomic E-state index is 0.0133. The molecular formula is C24H33FN4O2. The van der Waals surface area contributed by atoms with Crippen LogP contribution in [0.4, 0.5) is 4.39 Å². The largest absolute Gasteiger partial charge is 0.393 e. The van der Waals surface area contributed by atoms with E-state index in [4.69, 9.17) is 11.1 Å². The molecule has 7 heteroatoms. The first-order chi connectivity index (χ1) is 14.5. The predicted octanol–water partition coefficient (Wildman–Crippen LogP) is 3.33. The maximum atomic E-state index is 13.9. The molecule has 1 saturated carbocycles. The second kappa shape index (κ2) is 8.58. The zero-order valence-corrected chi connectivity index (χ0v) is 18.7. The summed E-state index contributed by atoms with van der Waals surface area (Å²) in [5.74, 6) is -1.74. The molecule has 0 aliphatic heterocycles. The standard InChI is InChI=1S/C24H33FN4O2/c1-13-8-24(9-14(2)21(13)30)10-18-6-5-17(11-26)7-19(18)20(24)22(31)29(23(27)28)12-15(3)16(4)25/h5-7,13-16,20-21,30H,8-10,12H2,1-4H3,(H3,27,28). The molecule has 0 bridgehead atoms. The molecule has 0 heterocycles. The summed E-state index contributed by atoms with van der Waals surface area (Å²) in [4.78, 5) is 15.1. The Morgan fingerprint density at radius 1 is 1.39 bits per heavy atom. The van der Waals surface area contributed by atoms with Crippen molar-refractivity contribution in [3.05, 3.63) is 34.9 Å². The summed E-state index contributed by atoms with van der Waals surface area (Å²) in [7, 11) is 0. The number of carbonyl (C=O) groups is 1. The SMILES string of the molecule is CC(F)C(C)CN(C(=N)N)C(=O)C1c2cc(C#N)ccc2CC12CC(C)C(O)C(C)C2. The van der Waals surface area contributed by atoms with Crippen molar-refractivity contribution >= 4 is 11.9 Å². The molecule has 5 atom stereocenters. The monoisotopic (exact) mass is 428 g/mol. The molecule has 0 radical (unpaired) electrons. The van der Waals surface area contributed by atoms with E-state index in [1.165, 1.54) is 11.8 Å². The van der Waals surface area contributed by atoms with Crippen molar-refractivity contribution in [3.8, 4) is 6.07 Å². The van der Waals surface area contributed by atoms with Crippen LogP contribution in [0.1, 0.15) is 63.1 Å². The summed E-state index contributed by atoms with van der Waals surface area (Å²) in [6.45, 7) is 7.16. The van der Waals surface area contributed by atoms with Crippen LogP contribution >= 0.6 is 0 Å². The smallest absolute Gasteiger partial charge is 0.237 e. The normalized spacial score (nSPS) is 31.5. The lowest BCUT2D eigenvalue weighted by Gasteiger charge is -2.47. The number of aliphatic hydroxyl groups is 1. The van der Waals surface area contributed by atoms with Crippen molar-refractivity contribution in [2.24, 2.45) is 28.9 Å². The van der Waals surface area contributed by atoms with Gasteiger partial charge in [0.25, 0.3) is 0 Å². The first kappa shape index (κ1) is 23.2. The molecular weight excluding hydrogens is 395 g/mol. The van der Waals surface area contributed by atoms with Gasteiger partial charge in [0.15, 0.2) is 5.96 Å². The summed E-state index contributed by atoms with van der Waals surface area (Å²) < 4.78 is 13.9. The van der Waals surface area contributed by atoms with E-state index in [1.807, 2.05) is 19.9 Å². The number of guanidine groups is 1. The Morgan fingerprint density at radius 2 is 2.00 bits per heavy atom. The van der Waals surface area contributed by atoms with Gasteiger partial charge in [0.2, 0.25) is 5.91 Å². The Morgan fingerprint density at radius 3 is 2.52 bits per heavy atom. The molecule has 3 rings (SSSR count). The minimum atomic E-state index is -1.14. The second-order valence-corrected chi connectivity index (χ2v) is 9.84. The van der Waals surface area contributed by atoms with E-state index in [-0.39, 0.29) is 24.3 Å². The lowest BCUT2D eigenvalue weighted by atomic mass is 9.59. The van der Waals surface area contributed by atoms with Crippen LogP contribution in [-0.2, 0) is 11.2 Å². The summed E-state index contributed by atoms with van der Waals surface area (Å²) in [5, 5.41) is 28.0. The van der Waals surface area contributed by atoms with Crippen LogP contribution in [0.5, 0.6) is 0 Å². The third kappa shape index (κ3) is 4.18. The lowest BCUT2D eigenvalue weighted by molar-refractivity contribution is -0.135. The quantitative estimate of drug-likeness (QED) is 0.504. The number of nitrogens with zero attached hydrogens (tertiary/aromatic N) is 2. The molecule has 1 aromatic rings. The van der Waals surface area contributed by atoms with E-state index in [1.54, 1.807) is 19.1 Å². The van der Waals surface area contributed by atoms with Crippen molar-refractivity contribution in [1.29, 1.82) is 10.7 Å². The molecule has 1 aromatic carbocycles. The summed E-state index contributed by atoms with van der Waals surface area (Å²) in [6, 6.07) is 7.59. The third-order valence-corrected chi connectivity index (χ3v) is 7.42. The average molecular weight is 429 g/mol. The predicted molar refractivity (Wildman–Crippen MR) is 117 cm³/mol. The first-order valence-corrected chi connectivity index (χ1v) is 11.0. The van der Waals surface area contributed by atoms with Crippen molar-refractivity contribution in [1.82, 2.24) is 4.90 Å². The number of carbonyl (C=O) groups excluding carboxylic acids is 1. The number of aliphatic hydroxyl groups excluding tert-OH is 1. The van der Waals surface area contributed by atoms with Gasteiger partial charge in [-0.2, -0.15) is 5.26 Å². The Labute approximate surface area is 183 Å². The summed E-state index contributed by atoms with van der Waals surface area (Å²) >= 11 is 0. The van der Waals surface area contributed by atoms with E-state index in [0.717, 1.165) is 11.1 Å². The number of rotatable bonds is 4. The van der Waals surface area contributed by atoms with Gasteiger partial charge in [-0.25, -0.2) is 4.39 Å². The van der Waals surface area contributed by atoms with Crippen molar-refractivity contribution < 1.29 is 14.3 Å². The molecule has 0 aromatic heterocycles. The highest BCUT2D eigenvalue weighted by molar-refractivity contribution is 5.99. The van der Waals surface area contributed by atoms with Crippen LogP contribution < -0.4 is 5.73 Å². The Balaban J connectivity index is 2.09. The van der Waals surface area contributed by atoms with Crippen molar-refractivity contribution in [2.75, 3.05) is 6.54 Å². The molecule has 6 nitrogen and oxygen atoms in total. The summed E-state index contributed by atoms with van der Waals surface area (Å²) in [6.07, 6.45) is 0.413. The number of amides is 1. The van der Waals surface area contributed by atoms with Gasteiger partial charge in [-0.15, -0.1) is 0 Å². The topological polar surface area (TPSA) is 114 Å². The van der Waals surface area contributed by atoms with Crippen LogP contribution in [0.3, 0.4) is 0 Å². The minimum Gasteiger partial charge on any atom is -0.393 e. The van der Waals surface area contributed by atoms with Gasteiger partial charge in [0.05, 0.1) is 23.7 Å². The van der Waals surface area contributed by atoms with Crippen LogP contribution in [0.25, 0.3) is 0 Å². The van der Waals surface area contributed by atoms with Gasteiger partial charge in [0.1, 0.15) is 6.17 Å². The molecule has 1 spiro atoms. The van der Waals surface area contributed by atoms with E-state index < -0.39 is 35.5 Å². The number of benzene rings is 1. The second-order valence-electron chi connectivity index (χ2n) is 9.84. The van der Waals surface area contributed by atoms with Crippen molar-refractivity contribution in [3.63, 3.8) is 0 Å². The fraction of sp³-hybridized carbons (Fsp3) is 0.625. The molecule has 2 aliphatic rings. The first-order valence-electron chi connectivity index (χ1n) is 11.0. The number of hydrogen-bond acceptors (Lipinski definition) is 4. The highest BCUT2D eigenvalue weighted by Gasteiger charge is 2.55. The molecule has 1 amide bonds. The number of nitrogens with two attached hydrogens (primary N) is 1. The molecule has 31 heavy (non-hydrogen) atoms. The summed E-state index contributed by atoms with van der Waals surface area (Å²) in [5.41, 5.74) is 7.66. The number of nitrogens with one attached hydrogen (secondary N) is 1. The molecule has 5 unspecified atom stereocenters. The number of alkyl halides is 1. The fourth-order valence-corrected chi connectivity index (χ4v) is 5.74. The zero-order chi connectivity index (χ0) is 23.1. The number of hydrogen-bond donors (Lipinski definition) is 3. The maximum Gasteiger partial charge on any atom is 0.237 e. The van der Waals surface area contributed by atoms with Gasteiger partial charge < -0.3 is 10.8 Å². The average Bonchev–Trinajstić information content (AvgIpc) is 3.00. The van der Waals surface area contributed by atoms with Gasteiger partial charge in [0, 0.05) is 12.5 Å². The Hall–Kier alpha value is -2.46. The van der Waals surface area contributed by atoms with Crippen LogP contribution in [0.15, 0.2) is 18.2 Å². The number of halogens is 1. The molecule has 4 N–H and O–H groups in total. The van der Waals surface area contributed by atoms with Crippen LogP contribution in [0.2, 0.25) is 0 Å². The highest BCUT2D eigenvalue weighted by Crippen LogP contribution is 2.58.